The Kier molecular flexibility index (Phi) is 10.7. The fourth-order valence-corrected chi connectivity index (χ4v) is 1.12. The van der Waals surface area contributed by atoms with Gasteiger partial charge in [-0.1, -0.05) is 51.2 Å². The summed E-state index contributed by atoms with van der Waals surface area (Å²) in [5.74, 6) is 0. The summed E-state index contributed by atoms with van der Waals surface area (Å²) in [6, 6.07) is 0. The summed E-state index contributed by atoms with van der Waals surface area (Å²) >= 11 is 4.53. The van der Waals surface area contributed by atoms with Gasteiger partial charge in [-0.2, -0.15) is 0 Å². The molecule has 0 atom stereocenters. The summed E-state index contributed by atoms with van der Waals surface area (Å²) in [6.45, 7) is 2.99. The van der Waals surface area contributed by atoms with Crippen molar-refractivity contribution in [2.75, 3.05) is 6.61 Å². The zero-order valence-electron chi connectivity index (χ0n) is 7.84. The molecular formula is C9H19NOS. The zero-order chi connectivity index (χ0) is 9.07. The third-order valence-corrected chi connectivity index (χ3v) is 1.83. The second-order valence-corrected chi connectivity index (χ2v) is 3.09. The van der Waals surface area contributed by atoms with Crippen molar-refractivity contribution in [3.05, 3.63) is 0 Å². The molecule has 2 nitrogen and oxygen atoms in total. The van der Waals surface area contributed by atoms with Crippen LogP contribution in [0.2, 0.25) is 0 Å². The maximum atomic E-state index is 4.98. The van der Waals surface area contributed by atoms with E-state index in [4.69, 9.17) is 4.84 Å². The molecule has 0 bridgehead atoms. The van der Waals surface area contributed by atoms with Crippen molar-refractivity contribution < 1.29 is 4.84 Å². The van der Waals surface area contributed by atoms with Gasteiger partial charge in [-0.3, -0.25) is 10.3 Å². The highest BCUT2D eigenvalue weighted by atomic mass is 32.1. The second kappa shape index (κ2) is 10.8. The SMILES string of the molecule is CCCCCCCCONC=S. The normalized spacial score (nSPS) is 9.75. The first-order valence-electron chi connectivity index (χ1n) is 4.72. The Morgan fingerprint density at radius 1 is 1.17 bits per heavy atom. The highest BCUT2D eigenvalue weighted by Gasteiger charge is 1.89. The molecular weight excluding hydrogens is 170 g/mol. The third kappa shape index (κ3) is 9.85. The number of rotatable bonds is 9. The topological polar surface area (TPSA) is 21.3 Å². The molecule has 0 heterocycles. The van der Waals surface area contributed by atoms with Gasteiger partial charge in [0.15, 0.2) is 0 Å². The minimum atomic E-state index is 0.763. The van der Waals surface area contributed by atoms with Gasteiger partial charge in [-0.15, -0.1) is 0 Å². The van der Waals surface area contributed by atoms with E-state index in [1.165, 1.54) is 37.6 Å². The van der Waals surface area contributed by atoms with Gasteiger partial charge in [0.1, 0.15) is 0 Å². The van der Waals surface area contributed by atoms with Gasteiger partial charge in [-0.05, 0) is 6.42 Å². The summed E-state index contributed by atoms with van der Waals surface area (Å²) in [7, 11) is 0. The van der Waals surface area contributed by atoms with E-state index in [0.717, 1.165) is 13.0 Å². The monoisotopic (exact) mass is 189 g/mol. The Morgan fingerprint density at radius 3 is 2.50 bits per heavy atom. The molecule has 0 aromatic heterocycles. The summed E-state index contributed by atoms with van der Waals surface area (Å²) in [5, 5.41) is 0. The van der Waals surface area contributed by atoms with Crippen LogP contribution in [0, 0.1) is 0 Å². The van der Waals surface area contributed by atoms with Crippen molar-refractivity contribution in [2.45, 2.75) is 45.4 Å². The van der Waals surface area contributed by atoms with Crippen molar-refractivity contribution >= 4 is 17.7 Å². The van der Waals surface area contributed by atoms with Gasteiger partial charge in [0, 0.05) is 0 Å². The van der Waals surface area contributed by atoms with Crippen LogP contribution in [0.15, 0.2) is 0 Å². The molecule has 0 aliphatic rings. The van der Waals surface area contributed by atoms with Gasteiger partial charge < -0.3 is 0 Å². The molecule has 0 aromatic carbocycles. The quantitative estimate of drug-likeness (QED) is 0.342. The molecule has 0 unspecified atom stereocenters. The highest BCUT2D eigenvalue weighted by molar-refractivity contribution is 7.78. The Morgan fingerprint density at radius 2 is 1.83 bits per heavy atom. The Labute approximate surface area is 80.6 Å². The predicted molar refractivity (Wildman–Crippen MR) is 56.1 cm³/mol. The van der Waals surface area contributed by atoms with Crippen LogP contribution < -0.4 is 5.48 Å². The summed E-state index contributed by atoms with van der Waals surface area (Å²) in [4.78, 5) is 4.98. The predicted octanol–water partition coefficient (Wildman–Crippen LogP) is 2.83. The molecule has 0 rings (SSSR count). The number of hydrogen-bond donors (Lipinski definition) is 1. The molecule has 0 saturated carbocycles. The number of thiocarbonyl (C=S) groups is 1. The summed E-state index contributed by atoms with van der Waals surface area (Å²) in [6.07, 6.45) is 7.74. The van der Waals surface area contributed by atoms with Crippen molar-refractivity contribution in [3.8, 4) is 0 Å². The molecule has 12 heavy (non-hydrogen) atoms. The first-order valence-corrected chi connectivity index (χ1v) is 5.20. The molecule has 0 saturated heterocycles. The largest absolute Gasteiger partial charge is 0.276 e. The van der Waals surface area contributed by atoms with Crippen LogP contribution in [-0.4, -0.2) is 12.1 Å². The maximum Gasteiger partial charge on any atom is 0.0872 e. The van der Waals surface area contributed by atoms with E-state index in [0.29, 0.717) is 0 Å². The molecule has 3 heteroatoms. The Balaban J connectivity index is 2.77. The standard InChI is InChI=1S/C9H19NOS/c1-2-3-4-5-6-7-8-11-10-9-12/h9H,2-8H2,1H3,(H,10,12). The van der Waals surface area contributed by atoms with Crippen LogP contribution in [0.3, 0.4) is 0 Å². The third-order valence-electron chi connectivity index (χ3n) is 1.73. The summed E-state index contributed by atoms with van der Waals surface area (Å²) < 4.78 is 0. The fraction of sp³-hybridized carbons (Fsp3) is 0.889. The van der Waals surface area contributed by atoms with Crippen molar-refractivity contribution in [2.24, 2.45) is 0 Å². The molecule has 0 amide bonds. The zero-order valence-corrected chi connectivity index (χ0v) is 8.66. The molecule has 0 spiro atoms. The minimum Gasteiger partial charge on any atom is -0.276 e. The average Bonchev–Trinajstić information content (AvgIpc) is 2.10. The lowest BCUT2D eigenvalue weighted by Gasteiger charge is -2.01. The fourth-order valence-electron chi connectivity index (χ4n) is 1.05. The molecule has 72 valence electrons. The van der Waals surface area contributed by atoms with Gasteiger partial charge in [0.05, 0.1) is 12.1 Å². The number of hydroxylamine groups is 1. The summed E-state index contributed by atoms with van der Waals surface area (Å²) in [5.41, 5.74) is 3.93. The van der Waals surface area contributed by atoms with Gasteiger partial charge in [0.25, 0.3) is 0 Å². The lowest BCUT2D eigenvalue weighted by atomic mass is 10.1. The molecule has 0 aliphatic heterocycles. The number of unbranched alkanes of at least 4 members (excludes halogenated alkanes) is 5. The molecule has 0 aliphatic carbocycles. The van der Waals surface area contributed by atoms with E-state index in [1.807, 2.05) is 0 Å². The van der Waals surface area contributed by atoms with E-state index < -0.39 is 0 Å². The van der Waals surface area contributed by atoms with E-state index in [-0.39, 0.29) is 0 Å². The van der Waals surface area contributed by atoms with Crippen molar-refractivity contribution in [3.63, 3.8) is 0 Å². The van der Waals surface area contributed by atoms with Gasteiger partial charge in [0.2, 0.25) is 0 Å². The average molecular weight is 189 g/mol. The lowest BCUT2D eigenvalue weighted by Crippen LogP contribution is -2.11. The van der Waals surface area contributed by atoms with Gasteiger partial charge in [-0.25, -0.2) is 0 Å². The van der Waals surface area contributed by atoms with Crippen LogP contribution >= 0.6 is 12.2 Å². The van der Waals surface area contributed by atoms with E-state index >= 15 is 0 Å². The van der Waals surface area contributed by atoms with Crippen molar-refractivity contribution in [1.82, 2.24) is 5.48 Å². The Hall–Kier alpha value is -0.150. The van der Waals surface area contributed by atoms with Crippen molar-refractivity contribution in [1.29, 1.82) is 0 Å². The van der Waals surface area contributed by atoms with E-state index in [9.17, 15) is 0 Å². The van der Waals surface area contributed by atoms with E-state index in [1.54, 1.807) is 0 Å². The van der Waals surface area contributed by atoms with Crippen LogP contribution in [0.1, 0.15) is 45.4 Å². The lowest BCUT2D eigenvalue weighted by molar-refractivity contribution is 0.0862. The number of nitrogens with one attached hydrogen (secondary N) is 1. The minimum absolute atomic E-state index is 0.763. The second-order valence-electron chi connectivity index (χ2n) is 2.85. The first kappa shape index (κ1) is 11.8. The van der Waals surface area contributed by atoms with Crippen LogP contribution in [0.4, 0.5) is 0 Å². The Bertz CT molecular complexity index is 98.5. The molecule has 0 aromatic rings. The molecule has 1 N–H and O–H groups in total. The smallest absolute Gasteiger partial charge is 0.0872 e. The number of hydrogen-bond acceptors (Lipinski definition) is 2. The van der Waals surface area contributed by atoms with Crippen LogP contribution in [0.5, 0.6) is 0 Å². The van der Waals surface area contributed by atoms with Gasteiger partial charge >= 0.3 is 0 Å². The first-order chi connectivity index (χ1) is 5.91. The highest BCUT2D eigenvalue weighted by Crippen LogP contribution is 2.04. The van der Waals surface area contributed by atoms with Crippen LogP contribution in [0.25, 0.3) is 0 Å². The molecule has 0 fully saturated rings. The maximum absolute atomic E-state index is 4.98. The van der Waals surface area contributed by atoms with E-state index in [2.05, 4.69) is 24.6 Å². The molecule has 0 radical (unpaired) electrons. The van der Waals surface area contributed by atoms with Crippen LogP contribution in [-0.2, 0) is 4.84 Å².